The second-order valence-electron chi connectivity index (χ2n) is 3.44. The Balaban J connectivity index is 2.79. The summed E-state index contributed by atoms with van der Waals surface area (Å²) in [6.45, 7) is 0. The average Bonchev–Trinajstić information content (AvgIpc) is 2.38. The number of hydrogen-bond acceptors (Lipinski definition) is 1. The highest BCUT2D eigenvalue weighted by molar-refractivity contribution is 6.30. The molecule has 0 aliphatic rings. The topological polar surface area (TPSA) is 12.9 Å². The van der Waals surface area contributed by atoms with Crippen molar-refractivity contribution in [3.8, 4) is 11.1 Å². The molecule has 0 atom stereocenters. The van der Waals surface area contributed by atoms with Gasteiger partial charge in [-0.1, -0.05) is 11.6 Å². The largest absolute Gasteiger partial charge is 0.231 e. The van der Waals surface area contributed by atoms with Gasteiger partial charge in [0, 0.05) is 11.8 Å². The zero-order chi connectivity index (χ0) is 14.3. The molecule has 1 aromatic carbocycles. The van der Waals surface area contributed by atoms with Crippen molar-refractivity contribution in [2.24, 2.45) is 0 Å². The zero-order valence-corrected chi connectivity index (χ0v) is 9.50. The van der Waals surface area contributed by atoms with E-state index in [4.69, 9.17) is 11.6 Å². The molecule has 0 saturated carbocycles. The van der Waals surface area contributed by atoms with Crippen LogP contribution in [0.4, 0.5) is 26.3 Å². The van der Waals surface area contributed by atoms with Crippen molar-refractivity contribution in [2.45, 2.75) is 0 Å². The molecular formula is C11H2ClF6N. The van der Waals surface area contributed by atoms with E-state index in [1.807, 2.05) is 0 Å². The number of pyridine rings is 1. The first kappa shape index (κ1) is 13.7. The summed E-state index contributed by atoms with van der Waals surface area (Å²) in [5, 5.41) is -0.610. The highest BCUT2D eigenvalue weighted by atomic mass is 35.5. The van der Waals surface area contributed by atoms with E-state index in [1.54, 1.807) is 0 Å². The van der Waals surface area contributed by atoms with Gasteiger partial charge in [0.2, 0.25) is 11.8 Å². The maximum Gasteiger partial charge on any atom is 0.231 e. The molecule has 1 nitrogen and oxygen atoms in total. The summed E-state index contributed by atoms with van der Waals surface area (Å²) >= 11 is 5.34. The summed E-state index contributed by atoms with van der Waals surface area (Å²) in [6.07, 6.45) is 0.611. The van der Waals surface area contributed by atoms with E-state index in [2.05, 4.69) is 4.98 Å². The number of rotatable bonds is 1. The van der Waals surface area contributed by atoms with Gasteiger partial charge in [0.1, 0.15) is 0 Å². The molecule has 19 heavy (non-hydrogen) atoms. The fourth-order valence-corrected chi connectivity index (χ4v) is 1.58. The van der Waals surface area contributed by atoms with Crippen LogP contribution in [0.1, 0.15) is 0 Å². The Morgan fingerprint density at radius 1 is 0.789 bits per heavy atom. The van der Waals surface area contributed by atoms with Gasteiger partial charge in [-0.25, -0.2) is 26.9 Å². The molecule has 100 valence electrons. The van der Waals surface area contributed by atoms with Crippen molar-refractivity contribution in [1.29, 1.82) is 0 Å². The predicted octanol–water partition coefficient (Wildman–Crippen LogP) is 4.24. The minimum Gasteiger partial charge on any atom is -0.226 e. The molecule has 8 heteroatoms. The number of nitrogens with zero attached hydrogens (tertiary/aromatic N) is 1. The van der Waals surface area contributed by atoms with E-state index in [1.165, 1.54) is 0 Å². The average molecular weight is 298 g/mol. The number of hydrogen-bond donors (Lipinski definition) is 0. The molecule has 1 aromatic heterocycles. The Bertz CT molecular complexity index is 644. The molecular weight excluding hydrogens is 296 g/mol. The Morgan fingerprint density at radius 2 is 1.26 bits per heavy atom. The normalized spacial score (nSPS) is 10.9. The van der Waals surface area contributed by atoms with E-state index in [0.29, 0.717) is 12.3 Å². The number of aromatic nitrogens is 1. The first-order valence-electron chi connectivity index (χ1n) is 4.67. The Kier molecular flexibility index (Phi) is 3.40. The first-order chi connectivity index (χ1) is 8.84. The van der Waals surface area contributed by atoms with Crippen molar-refractivity contribution in [3.63, 3.8) is 0 Å². The lowest BCUT2D eigenvalue weighted by Gasteiger charge is -2.08. The highest BCUT2D eigenvalue weighted by Crippen LogP contribution is 2.32. The van der Waals surface area contributed by atoms with Gasteiger partial charge in [-0.2, -0.15) is 4.39 Å². The van der Waals surface area contributed by atoms with Crippen molar-refractivity contribution in [1.82, 2.24) is 4.98 Å². The first-order valence-corrected chi connectivity index (χ1v) is 5.05. The van der Waals surface area contributed by atoms with E-state index >= 15 is 0 Å². The molecule has 0 amide bonds. The minimum atomic E-state index is -2.28. The second-order valence-corrected chi connectivity index (χ2v) is 3.85. The number of halogens is 7. The lowest BCUT2D eigenvalue weighted by molar-refractivity contribution is 0.381. The molecule has 0 radical (unpaired) electrons. The smallest absolute Gasteiger partial charge is 0.226 e. The third-order valence-electron chi connectivity index (χ3n) is 2.29. The highest BCUT2D eigenvalue weighted by Gasteiger charge is 2.27. The van der Waals surface area contributed by atoms with Crippen LogP contribution >= 0.6 is 11.6 Å². The SMILES string of the molecule is Fc1ncc(-c2c(F)c(F)c(F)c(F)c2F)cc1Cl. The van der Waals surface area contributed by atoms with Gasteiger partial charge in [0.05, 0.1) is 10.6 Å². The van der Waals surface area contributed by atoms with Crippen LogP contribution in [0.5, 0.6) is 0 Å². The van der Waals surface area contributed by atoms with Gasteiger partial charge in [0.25, 0.3) is 0 Å². The van der Waals surface area contributed by atoms with E-state index < -0.39 is 51.2 Å². The molecule has 0 saturated heterocycles. The summed E-state index contributed by atoms with van der Waals surface area (Å²) in [6, 6.07) is 0.710. The Labute approximate surface area is 107 Å². The maximum absolute atomic E-state index is 13.4. The van der Waals surface area contributed by atoms with Crippen LogP contribution in [-0.4, -0.2) is 4.98 Å². The van der Waals surface area contributed by atoms with Crippen molar-refractivity contribution in [3.05, 3.63) is 52.3 Å². The quantitative estimate of drug-likeness (QED) is 0.332. The molecule has 0 aliphatic heterocycles. The Morgan fingerprint density at radius 3 is 1.74 bits per heavy atom. The molecule has 2 rings (SSSR count). The lowest BCUT2D eigenvalue weighted by Crippen LogP contribution is -2.04. The van der Waals surface area contributed by atoms with Crippen molar-refractivity contribution >= 4 is 11.6 Å². The minimum absolute atomic E-state index is 0.529. The summed E-state index contributed by atoms with van der Waals surface area (Å²) in [7, 11) is 0. The Hall–Kier alpha value is -1.76. The third-order valence-corrected chi connectivity index (χ3v) is 2.56. The van der Waals surface area contributed by atoms with Crippen LogP contribution in [0.2, 0.25) is 5.02 Å². The summed E-state index contributed by atoms with van der Waals surface area (Å²) in [5.41, 5.74) is -1.75. The van der Waals surface area contributed by atoms with Gasteiger partial charge in [-0.15, -0.1) is 0 Å². The fourth-order valence-electron chi connectivity index (χ4n) is 1.42. The van der Waals surface area contributed by atoms with E-state index in [9.17, 15) is 26.3 Å². The number of benzene rings is 1. The maximum atomic E-state index is 13.4. The van der Waals surface area contributed by atoms with E-state index in [0.717, 1.165) is 0 Å². The molecule has 1 heterocycles. The fraction of sp³-hybridized carbons (Fsp3) is 0. The molecule has 2 aromatic rings. The van der Waals surface area contributed by atoms with Crippen LogP contribution in [-0.2, 0) is 0 Å². The van der Waals surface area contributed by atoms with Crippen LogP contribution in [0.3, 0.4) is 0 Å². The third kappa shape index (κ3) is 2.14. The van der Waals surface area contributed by atoms with Gasteiger partial charge < -0.3 is 0 Å². The van der Waals surface area contributed by atoms with Crippen molar-refractivity contribution < 1.29 is 26.3 Å². The van der Waals surface area contributed by atoms with Gasteiger partial charge in [-0.3, -0.25) is 0 Å². The molecule has 0 spiro atoms. The van der Waals surface area contributed by atoms with Gasteiger partial charge in [-0.05, 0) is 6.07 Å². The summed E-state index contributed by atoms with van der Waals surface area (Å²) in [4.78, 5) is 3.05. The van der Waals surface area contributed by atoms with Crippen molar-refractivity contribution in [2.75, 3.05) is 0 Å². The molecule has 0 N–H and O–H groups in total. The van der Waals surface area contributed by atoms with Crippen LogP contribution in [0.15, 0.2) is 12.3 Å². The second kappa shape index (κ2) is 4.73. The monoisotopic (exact) mass is 297 g/mol. The van der Waals surface area contributed by atoms with Crippen LogP contribution < -0.4 is 0 Å². The lowest BCUT2D eigenvalue weighted by atomic mass is 10.1. The molecule has 0 fully saturated rings. The standard InChI is InChI=1S/C11H2ClF6N/c12-4-1-3(2-19-11(4)18)5-6(13)8(15)10(17)9(16)7(5)14/h1-2H. The molecule has 0 unspecified atom stereocenters. The summed E-state index contributed by atoms with van der Waals surface area (Å²) < 4.78 is 78.5. The van der Waals surface area contributed by atoms with E-state index in [-0.39, 0.29) is 0 Å². The predicted molar refractivity (Wildman–Crippen MR) is 54.4 cm³/mol. The molecule has 0 aliphatic carbocycles. The molecule has 0 bridgehead atoms. The van der Waals surface area contributed by atoms with Gasteiger partial charge in [0.15, 0.2) is 23.3 Å². The zero-order valence-electron chi connectivity index (χ0n) is 8.75. The van der Waals surface area contributed by atoms with Crippen LogP contribution in [0, 0.1) is 35.0 Å². The van der Waals surface area contributed by atoms with Gasteiger partial charge >= 0.3 is 0 Å². The summed E-state index contributed by atoms with van der Waals surface area (Å²) in [5.74, 6) is -11.7. The van der Waals surface area contributed by atoms with Crippen LogP contribution in [0.25, 0.3) is 11.1 Å².